The van der Waals surface area contributed by atoms with E-state index in [0.717, 1.165) is 11.3 Å². The fraction of sp³-hybridized carbons (Fsp3) is 0.556. The molecule has 1 unspecified atom stereocenters. The minimum atomic E-state index is -3.53. The van der Waals surface area contributed by atoms with Gasteiger partial charge in [-0.1, -0.05) is 11.6 Å². The summed E-state index contributed by atoms with van der Waals surface area (Å²) in [6.07, 6.45) is 0.451. The van der Waals surface area contributed by atoms with E-state index in [1.807, 2.05) is 0 Å². The van der Waals surface area contributed by atoms with Crippen LogP contribution in [0.15, 0.2) is 14.1 Å². The molecule has 2 heterocycles. The van der Waals surface area contributed by atoms with Crippen LogP contribution in [-0.4, -0.2) is 36.5 Å². The molecule has 17 heavy (non-hydrogen) atoms. The highest BCUT2D eigenvalue weighted by atomic mass is 79.9. The van der Waals surface area contributed by atoms with E-state index in [-0.39, 0.29) is 10.8 Å². The van der Waals surface area contributed by atoms with E-state index in [9.17, 15) is 13.5 Å². The molecule has 1 aliphatic heterocycles. The lowest BCUT2D eigenvalue weighted by atomic mass is 10.1. The van der Waals surface area contributed by atoms with Crippen LogP contribution in [0.3, 0.4) is 0 Å². The number of β-amino-alcohol motifs (C(OH)–C–C–N with tert-alkyl or cyclic N) is 1. The van der Waals surface area contributed by atoms with Gasteiger partial charge in [0.15, 0.2) is 0 Å². The van der Waals surface area contributed by atoms with E-state index >= 15 is 0 Å². The molecule has 4 nitrogen and oxygen atoms in total. The van der Waals surface area contributed by atoms with Crippen molar-refractivity contribution in [3.8, 4) is 0 Å². The summed E-state index contributed by atoms with van der Waals surface area (Å²) in [5.74, 6) is 0. The second-order valence-corrected chi connectivity index (χ2v) is 9.21. The molecule has 8 heteroatoms. The first-order chi connectivity index (χ1) is 7.72. The van der Waals surface area contributed by atoms with E-state index in [4.69, 9.17) is 11.6 Å². The fourth-order valence-corrected chi connectivity index (χ4v) is 5.80. The summed E-state index contributed by atoms with van der Waals surface area (Å²) in [6, 6.07) is 1.43. The van der Waals surface area contributed by atoms with Crippen LogP contribution in [0.2, 0.25) is 5.02 Å². The molecule has 1 N–H and O–H groups in total. The lowest BCUT2D eigenvalue weighted by molar-refractivity contribution is 0.0762. The standard InChI is InChI=1S/C9H11BrClNO3S2/c1-9(13)2-3-12(5-9)17(14,15)7-4-6(11)8(10)16-7/h4,13H,2-3,5H2,1H3. The Morgan fingerprint density at radius 3 is 2.71 bits per heavy atom. The molecule has 1 atom stereocenters. The maximum atomic E-state index is 12.2. The SMILES string of the molecule is CC1(O)CCN(S(=O)(=O)c2cc(Cl)c(Br)s2)C1. The van der Waals surface area contributed by atoms with Crippen LogP contribution in [0, 0.1) is 0 Å². The maximum absolute atomic E-state index is 12.2. The van der Waals surface area contributed by atoms with Crippen molar-refractivity contribution in [1.29, 1.82) is 0 Å². The Hall–Kier alpha value is 0.340. The molecule has 0 aliphatic carbocycles. The second-order valence-electron chi connectivity index (χ2n) is 4.27. The third kappa shape index (κ3) is 2.69. The van der Waals surface area contributed by atoms with Crippen molar-refractivity contribution in [2.45, 2.75) is 23.2 Å². The molecule has 0 spiro atoms. The molecule has 0 aromatic carbocycles. The number of hydrogen-bond acceptors (Lipinski definition) is 4. The monoisotopic (exact) mass is 359 g/mol. The maximum Gasteiger partial charge on any atom is 0.252 e. The number of aliphatic hydroxyl groups is 1. The van der Waals surface area contributed by atoms with E-state index in [2.05, 4.69) is 15.9 Å². The van der Waals surface area contributed by atoms with Gasteiger partial charge in [-0.25, -0.2) is 8.42 Å². The zero-order valence-corrected chi connectivity index (χ0v) is 13.0. The normalized spacial score (nSPS) is 26.6. The first kappa shape index (κ1) is 13.8. The highest BCUT2D eigenvalue weighted by molar-refractivity contribution is 9.11. The largest absolute Gasteiger partial charge is 0.389 e. The summed E-state index contributed by atoms with van der Waals surface area (Å²) < 4.78 is 26.6. The Kier molecular flexibility index (Phi) is 3.62. The van der Waals surface area contributed by atoms with Crippen LogP contribution in [0.1, 0.15) is 13.3 Å². The second kappa shape index (κ2) is 4.47. The van der Waals surface area contributed by atoms with Crippen LogP contribution < -0.4 is 0 Å². The highest BCUT2D eigenvalue weighted by Crippen LogP contribution is 2.37. The van der Waals surface area contributed by atoms with Gasteiger partial charge in [-0.2, -0.15) is 4.31 Å². The molecular weight excluding hydrogens is 350 g/mol. The van der Waals surface area contributed by atoms with Gasteiger partial charge in [0, 0.05) is 13.1 Å². The number of nitrogens with zero attached hydrogens (tertiary/aromatic N) is 1. The van der Waals surface area contributed by atoms with Crippen molar-refractivity contribution in [3.05, 3.63) is 14.9 Å². The van der Waals surface area contributed by atoms with Crippen LogP contribution in [-0.2, 0) is 10.0 Å². The fourth-order valence-electron chi connectivity index (χ4n) is 1.69. The average molecular weight is 361 g/mol. The summed E-state index contributed by atoms with van der Waals surface area (Å²) in [5, 5.41) is 10.2. The van der Waals surface area contributed by atoms with Gasteiger partial charge in [0.2, 0.25) is 0 Å². The van der Waals surface area contributed by atoms with Crippen molar-refractivity contribution in [3.63, 3.8) is 0 Å². The van der Waals surface area contributed by atoms with Crippen molar-refractivity contribution in [1.82, 2.24) is 4.31 Å². The van der Waals surface area contributed by atoms with Gasteiger partial charge >= 0.3 is 0 Å². The zero-order valence-electron chi connectivity index (χ0n) is 8.98. The Morgan fingerprint density at radius 1 is 1.65 bits per heavy atom. The van der Waals surface area contributed by atoms with Gasteiger partial charge in [0.25, 0.3) is 10.0 Å². The van der Waals surface area contributed by atoms with Gasteiger partial charge in [-0.05, 0) is 35.3 Å². The van der Waals surface area contributed by atoms with E-state index < -0.39 is 15.6 Å². The molecule has 96 valence electrons. The number of thiophene rings is 1. The average Bonchev–Trinajstić information content (AvgIpc) is 2.72. The number of hydrogen-bond donors (Lipinski definition) is 1. The summed E-state index contributed by atoms with van der Waals surface area (Å²) >= 11 is 10.1. The number of halogens is 2. The van der Waals surface area contributed by atoms with Crippen molar-refractivity contribution < 1.29 is 13.5 Å². The molecule has 0 saturated carbocycles. The summed E-state index contributed by atoms with van der Waals surface area (Å²) in [6.45, 7) is 2.10. The first-order valence-corrected chi connectivity index (χ1v) is 8.32. The third-order valence-corrected chi connectivity index (χ3v) is 7.40. The third-order valence-electron chi connectivity index (χ3n) is 2.63. The topological polar surface area (TPSA) is 57.6 Å². The Balaban J connectivity index is 2.32. The predicted molar refractivity (Wildman–Crippen MR) is 71.0 cm³/mol. The van der Waals surface area contributed by atoms with E-state index in [1.165, 1.54) is 10.4 Å². The van der Waals surface area contributed by atoms with Crippen molar-refractivity contribution in [2.24, 2.45) is 0 Å². The molecular formula is C9H11BrClNO3S2. The smallest absolute Gasteiger partial charge is 0.252 e. The van der Waals surface area contributed by atoms with E-state index in [1.54, 1.807) is 6.92 Å². The molecule has 0 radical (unpaired) electrons. The van der Waals surface area contributed by atoms with Gasteiger partial charge in [-0.3, -0.25) is 0 Å². The van der Waals surface area contributed by atoms with Gasteiger partial charge in [0.1, 0.15) is 4.21 Å². The molecule has 0 amide bonds. The van der Waals surface area contributed by atoms with Crippen LogP contribution in [0.25, 0.3) is 0 Å². The summed E-state index contributed by atoms with van der Waals surface area (Å²) in [7, 11) is -3.53. The minimum absolute atomic E-state index is 0.127. The first-order valence-electron chi connectivity index (χ1n) is 4.90. The van der Waals surface area contributed by atoms with Crippen LogP contribution >= 0.6 is 38.9 Å². The summed E-state index contributed by atoms with van der Waals surface area (Å²) in [4.78, 5) is 0. The molecule has 1 aromatic rings. The number of sulfonamides is 1. The van der Waals surface area contributed by atoms with Crippen molar-refractivity contribution in [2.75, 3.05) is 13.1 Å². The van der Waals surface area contributed by atoms with Gasteiger partial charge < -0.3 is 5.11 Å². The Bertz CT molecular complexity index is 521. The highest BCUT2D eigenvalue weighted by Gasteiger charge is 2.39. The molecule has 1 fully saturated rings. The minimum Gasteiger partial charge on any atom is -0.389 e. The van der Waals surface area contributed by atoms with E-state index in [0.29, 0.717) is 21.8 Å². The van der Waals surface area contributed by atoms with Crippen LogP contribution in [0.4, 0.5) is 0 Å². The van der Waals surface area contributed by atoms with Gasteiger partial charge in [-0.15, -0.1) is 11.3 Å². The lowest BCUT2D eigenvalue weighted by Gasteiger charge is -2.17. The number of rotatable bonds is 2. The summed E-state index contributed by atoms with van der Waals surface area (Å²) in [5.41, 5.74) is -0.939. The predicted octanol–water partition coefficient (Wildman–Crippen LogP) is 2.31. The van der Waals surface area contributed by atoms with Gasteiger partial charge in [0.05, 0.1) is 14.4 Å². The Labute approximate surface area is 117 Å². The quantitative estimate of drug-likeness (QED) is 0.880. The Morgan fingerprint density at radius 2 is 2.29 bits per heavy atom. The molecule has 0 bridgehead atoms. The molecule has 1 aliphatic rings. The zero-order chi connectivity index (χ0) is 12.8. The lowest BCUT2D eigenvalue weighted by Crippen LogP contribution is -2.33. The molecule has 1 aromatic heterocycles. The van der Waals surface area contributed by atoms with Crippen molar-refractivity contribution >= 4 is 48.9 Å². The molecule has 2 rings (SSSR count). The van der Waals surface area contributed by atoms with Crippen LogP contribution in [0.5, 0.6) is 0 Å². The molecule has 1 saturated heterocycles.